The van der Waals surface area contributed by atoms with E-state index in [0.29, 0.717) is 13.2 Å². The Kier molecular flexibility index (Phi) is 4.69. The number of benzene rings is 1. The van der Waals surface area contributed by atoms with Crippen LogP contribution in [0.5, 0.6) is 0 Å². The van der Waals surface area contributed by atoms with Crippen molar-refractivity contribution in [2.24, 2.45) is 0 Å². The number of halogens is 3. The number of aliphatic hydroxyl groups excluding tert-OH is 1. The summed E-state index contributed by atoms with van der Waals surface area (Å²) in [6.45, 7) is 0.739. The highest BCUT2D eigenvalue weighted by atomic mass is 35.5. The molecule has 2 rings (SSSR count). The molecule has 0 aliphatic rings. The Labute approximate surface area is 119 Å². The van der Waals surface area contributed by atoms with Gasteiger partial charge in [-0.15, -0.1) is 0 Å². The van der Waals surface area contributed by atoms with Gasteiger partial charge in [0.2, 0.25) is 0 Å². The van der Waals surface area contributed by atoms with E-state index in [1.54, 1.807) is 0 Å². The molecule has 0 amide bonds. The lowest BCUT2D eigenvalue weighted by Crippen LogP contribution is -2.14. The monoisotopic (exact) mass is 302 g/mol. The van der Waals surface area contributed by atoms with Crippen molar-refractivity contribution in [1.29, 1.82) is 0 Å². The molecule has 7 heteroatoms. The van der Waals surface area contributed by atoms with E-state index in [4.69, 9.17) is 16.3 Å². The molecule has 20 heavy (non-hydrogen) atoms. The van der Waals surface area contributed by atoms with Gasteiger partial charge in [-0.2, -0.15) is 5.10 Å². The van der Waals surface area contributed by atoms with Crippen molar-refractivity contribution in [2.45, 2.75) is 12.6 Å². The maximum Gasteiger partial charge on any atom is 0.126 e. The molecule has 1 aromatic heterocycles. The summed E-state index contributed by atoms with van der Waals surface area (Å²) in [5.41, 5.74) is 0.345. The molecule has 0 radical (unpaired) electrons. The fourth-order valence-corrected chi connectivity index (χ4v) is 2.14. The fraction of sp³-hybridized carbons (Fsp3) is 0.308. The van der Waals surface area contributed by atoms with Crippen LogP contribution in [0.25, 0.3) is 0 Å². The summed E-state index contributed by atoms with van der Waals surface area (Å²) >= 11 is 5.98. The predicted octanol–water partition coefficient (Wildman–Crippen LogP) is 2.54. The molecule has 1 N–H and O–H groups in total. The Morgan fingerprint density at radius 3 is 2.60 bits per heavy atom. The van der Waals surface area contributed by atoms with Gasteiger partial charge in [0.1, 0.15) is 17.7 Å². The molecule has 4 nitrogen and oxygen atoms in total. The van der Waals surface area contributed by atoms with Crippen molar-refractivity contribution >= 4 is 11.6 Å². The Hall–Kier alpha value is -1.50. The van der Waals surface area contributed by atoms with Crippen molar-refractivity contribution in [3.05, 3.63) is 52.3 Å². The molecule has 0 bridgehead atoms. The molecular formula is C13H13ClF2N2O2. The molecule has 0 fully saturated rings. The SMILES string of the molecule is COCCn1ncc(Cl)c1C(O)c1cc(F)cc(F)c1. The minimum atomic E-state index is -1.27. The first-order valence-corrected chi connectivity index (χ1v) is 6.25. The van der Waals surface area contributed by atoms with Gasteiger partial charge < -0.3 is 9.84 Å². The lowest BCUT2D eigenvalue weighted by Gasteiger charge is -2.14. The normalized spacial score (nSPS) is 12.7. The van der Waals surface area contributed by atoms with Crippen LogP contribution in [-0.4, -0.2) is 28.6 Å². The molecular weight excluding hydrogens is 290 g/mol. The molecule has 1 unspecified atom stereocenters. The number of methoxy groups -OCH3 is 1. The van der Waals surface area contributed by atoms with Crippen LogP contribution in [0.3, 0.4) is 0 Å². The molecule has 108 valence electrons. The summed E-state index contributed by atoms with van der Waals surface area (Å²) in [6, 6.07) is 2.84. The average molecular weight is 303 g/mol. The van der Waals surface area contributed by atoms with E-state index >= 15 is 0 Å². The van der Waals surface area contributed by atoms with Crippen molar-refractivity contribution in [3.63, 3.8) is 0 Å². The van der Waals surface area contributed by atoms with E-state index in [-0.39, 0.29) is 16.3 Å². The number of hydrogen-bond acceptors (Lipinski definition) is 3. The van der Waals surface area contributed by atoms with Gasteiger partial charge >= 0.3 is 0 Å². The minimum absolute atomic E-state index is 0.0727. The fourth-order valence-electron chi connectivity index (χ4n) is 1.89. The van der Waals surface area contributed by atoms with Crippen LogP contribution in [0.2, 0.25) is 5.02 Å². The van der Waals surface area contributed by atoms with Crippen LogP contribution in [0, 0.1) is 11.6 Å². The molecule has 1 aromatic carbocycles. The summed E-state index contributed by atoms with van der Waals surface area (Å²) in [5, 5.41) is 14.5. The summed E-state index contributed by atoms with van der Waals surface area (Å²) < 4.78 is 32.8. The highest BCUT2D eigenvalue weighted by Crippen LogP contribution is 2.29. The van der Waals surface area contributed by atoms with E-state index in [9.17, 15) is 13.9 Å². The zero-order valence-electron chi connectivity index (χ0n) is 10.7. The second kappa shape index (κ2) is 6.30. The van der Waals surface area contributed by atoms with Crippen LogP contribution in [0.4, 0.5) is 8.78 Å². The second-order valence-corrected chi connectivity index (χ2v) is 4.61. The second-order valence-electron chi connectivity index (χ2n) is 4.20. The van der Waals surface area contributed by atoms with E-state index < -0.39 is 17.7 Å². The third-order valence-corrected chi connectivity index (χ3v) is 3.09. The smallest absolute Gasteiger partial charge is 0.126 e. The molecule has 0 saturated carbocycles. The highest BCUT2D eigenvalue weighted by Gasteiger charge is 2.21. The maximum absolute atomic E-state index is 13.2. The quantitative estimate of drug-likeness (QED) is 0.923. The van der Waals surface area contributed by atoms with Gasteiger partial charge in [-0.1, -0.05) is 11.6 Å². The molecule has 0 aliphatic heterocycles. The average Bonchev–Trinajstić information content (AvgIpc) is 2.75. The lowest BCUT2D eigenvalue weighted by atomic mass is 10.1. The van der Waals surface area contributed by atoms with Crippen LogP contribution in [0.15, 0.2) is 24.4 Å². The minimum Gasteiger partial charge on any atom is -0.383 e. The first-order chi connectivity index (χ1) is 9.52. The van der Waals surface area contributed by atoms with Gasteiger partial charge in [0.05, 0.1) is 30.1 Å². The largest absolute Gasteiger partial charge is 0.383 e. The van der Waals surface area contributed by atoms with Crippen molar-refractivity contribution in [2.75, 3.05) is 13.7 Å². The third kappa shape index (κ3) is 3.15. The molecule has 1 heterocycles. The van der Waals surface area contributed by atoms with Crippen molar-refractivity contribution in [3.8, 4) is 0 Å². The Balaban J connectivity index is 2.36. The number of rotatable bonds is 5. The van der Waals surface area contributed by atoms with E-state index in [1.807, 2.05) is 0 Å². The summed E-state index contributed by atoms with van der Waals surface area (Å²) in [4.78, 5) is 0. The topological polar surface area (TPSA) is 47.3 Å². The number of aromatic nitrogens is 2. The number of nitrogens with zero attached hydrogens (tertiary/aromatic N) is 2. The number of aliphatic hydroxyl groups is 1. The Bertz CT molecular complexity index is 584. The van der Waals surface area contributed by atoms with Gasteiger partial charge in [-0.05, 0) is 17.7 Å². The third-order valence-electron chi connectivity index (χ3n) is 2.80. The summed E-state index contributed by atoms with van der Waals surface area (Å²) in [7, 11) is 1.53. The first kappa shape index (κ1) is 14.9. The standard InChI is InChI=1S/C13H13ClF2N2O2/c1-20-3-2-18-12(11(14)7-17-18)13(19)8-4-9(15)6-10(16)5-8/h4-7,13,19H,2-3H2,1H3. The first-order valence-electron chi connectivity index (χ1n) is 5.87. The molecule has 2 aromatic rings. The zero-order chi connectivity index (χ0) is 14.7. The van der Waals surface area contributed by atoms with Crippen molar-refractivity contribution in [1.82, 2.24) is 9.78 Å². The van der Waals surface area contributed by atoms with E-state index in [2.05, 4.69) is 5.10 Å². The van der Waals surface area contributed by atoms with E-state index in [1.165, 1.54) is 18.0 Å². The van der Waals surface area contributed by atoms with Gasteiger partial charge in [-0.3, -0.25) is 4.68 Å². The molecule has 0 spiro atoms. The van der Waals surface area contributed by atoms with Gasteiger partial charge in [-0.25, -0.2) is 8.78 Å². The number of hydrogen-bond donors (Lipinski definition) is 1. The van der Waals surface area contributed by atoms with Crippen LogP contribution >= 0.6 is 11.6 Å². The maximum atomic E-state index is 13.2. The van der Waals surface area contributed by atoms with E-state index in [0.717, 1.165) is 18.2 Å². The Morgan fingerprint density at radius 1 is 1.35 bits per heavy atom. The zero-order valence-corrected chi connectivity index (χ0v) is 11.4. The summed E-state index contributed by atoms with van der Waals surface area (Å²) in [6.07, 6.45) is 0.0952. The Morgan fingerprint density at radius 2 is 2.00 bits per heavy atom. The molecule has 1 atom stereocenters. The van der Waals surface area contributed by atoms with Crippen molar-refractivity contribution < 1.29 is 18.6 Å². The van der Waals surface area contributed by atoms with Gasteiger partial charge in [0, 0.05) is 13.2 Å². The molecule has 0 saturated heterocycles. The van der Waals surface area contributed by atoms with Gasteiger partial charge in [0.25, 0.3) is 0 Å². The van der Waals surface area contributed by atoms with Crippen LogP contribution < -0.4 is 0 Å². The number of ether oxygens (including phenoxy) is 1. The van der Waals surface area contributed by atoms with Crippen LogP contribution in [-0.2, 0) is 11.3 Å². The lowest BCUT2D eigenvalue weighted by molar-refractivity contribution is 0.171. The highest BCUT2D eigenvalue weighted by molar-refractivity contribution is 6.31. The van der Waals surface area contributed by atoms with Crippen LogP contribution in [0.1, 0.15) is 17.4 Å². The summed E-state index contributed by atoms with van der Waals surface area (Å²) in [5.74, 6) is -1.53. The van der Waals surface area contributed by atoms with Gasteiger partial charge in [0.15, 0.2) is 0 Å². The predicted molar refractivity (Wildman–Crippen MR) is 69.5 cm³/mol. The molecule has 0 aliphatic carbocycles.